The monoisotopic (exact) mass is 344 g/mol. The number of aliphatic hydroxyl groups excluding tert-OH is 1. The normalized spacial score (nSPS) is 18.9. The quantitative estimate of drug-likeness (QED) is 0.781. The number of urea groups is 1. The maximum Gasteiger partial charge on any atom is 0.324 e. The number of hydrogen-bond donors (Lipinski definition) is 2. The smallest absolute Gasteiger partial charge is 0.324 e. The molecule has 0 spiro atoms. The summed E-state index contributed by atoms with van der Waals surface area (Å²) in [4.78, 5) is 29.7. The summed E-state index contributed by atoms with van der Waals surface area (Å²) in [5, 5.41) is 13.1. The molecule has 1 saturated heterocycles. The fourth-order valence-corrected chi connectivity index (χ4v) is 3.19. The zero-order valence-electron chi connectivity index (χ0n) is 14.8. The van der Waals surface area contributed by atoms with Gasteiger partial charge >= 0.3 is 6.03 Å². The maximum atomic E-state index is 12.3. The van der Waals surface area contributed by atoms with Crippen molar-refractivity contribution < 1.29 is 14.7 Å². The first-order valence-electron chi connectivity index (χ1n) is 8.62. The van der Waals surface area contributed by atoms with E-state index in [1.807, 2.05) is 37.5 Å². The first-order chi connectivity index (χ1) is 11.9. The van der Waals surface area contributed by atoms with E-state index in [2.05, 4.69) is 10.3 Å². The number of fused-ring (bicyclic) bond motifs is 1. The summed E-state index contributed by atoms with van der Waals surface area (Å²) < 4.78 is 1.86. The van der Waals surface area contributed by atoms with Gasteiger partial charge in [-0.1, -0.05) is 13.3 Å². The van der Waals surface area contributed by atoms with Gasteiger partial charge in [-0.3, -0.25) is 9.69 Å². The molecule has 0 saturated carbocycles. The molecule has 1 aliphatic heterocycles. The van der Waals surface area contributed by atoms with Gasteiger partial charge in [0.15, 0.2) is 0 Å². The lowest BCUT2D eigenvalue weighted by Gasteiger charge is -2.18. The zero-order chi connectivity index (χ0) is 18.1. The molecule has 0 bridgehead atoms. The second kappa shape index (κ2) is 6.84. The number of carbonyl (C=O) groups is 2. The molecular weight excluding hydrogens is 320 g/mol. The molecule has 1 fully saturated rings. The Kier molecular flexibility index (Phi) is 4.76. The van der Waals surface area contributed by atoms with Gasteiger partial charge in [-0.15, -0.1) is 0 Å². The lowest BCUT2D eigenvalue weighted by Crippen LogP contribution is -2.39. The van der Waals surface area contributed by atoms with Crippen molar-refractivity contribution in [1.82, 2.24) is 19.8 Å². The molecule has 7 nitrogen and oxygen atoms in total. The highest BCUT2D eigenvalue weighted by Crippen LogP contribution is 2.19. The van der Waals surface area contributed by atoms with Crippen LogP contribution in [0, 0.1) is 13.8 Å². The van der Waals surface area contributed by atoms with E-state index < -0.39 is 18.2 Å². The predicted molar refractivity (Wildman–Crippen MR) is 94.2 cm³/mol. The van der Waals surface area contributed by atoms with Crippen molar-refractivity contribution in [3.63, 3.8) is 0 Å². The van der Waals surface area contributed by atoms with Crippen LogP contribution >= 0.6 is 0 Å². The molecule has 134 valence electrons. The number of rotatable bonds is 6. The minimum atomic E-state index is -0.853. The topological polar surface area (TPSA) is 87.5 Å². The van der Waals surface area contributed by atoms with Crippen LogP contribution in [0.1, 0.15) is 30.9 Å². The number of aryl methyl sites for hydroxylation is 2. The van der Waals surface area contributed by atoms with Crippen molar-refractivity contribution in [2.45, 2.75) is 52.3 Å². The number of benzene rings is 1. The number of nitrogens with one attached hydrogen (secondary N) is 1. The van der Waals surface area contributed by atoms with Gasteiger partial charge in [-0.05, 0) is 43.5 Å². The lowest BCUT2D eigenvalue weighted by atomic mass is 10.1. The van der Waals surface area contributed by atoms with E-state index in [9.17, 15) is 14.7 Å². The molecule has 2 atom stereocenters. The van der Waals surface area contributed by atoms with E-state index in [4.69, 9.17) is 0 Å². The van der Waals surface area contributed by atoms with Crippen LogP contribution in [0.25, 0.3) is 11.0 Å². The van der Waals surface area contributed by atoms with E-state index in [1.165, 1.54) is 5.56 Å². The summed E-state index contributed by atoms with van der Waals surface area (Å²) in [6.07, 6.45) is 2.25. The van der Waals surface area contributed by atoms with Gasteiger partial charge in [0.25, 0.3) is 5.91 Å². The molecule has 0 radical (unpaired) electrons. The molecule has 0 aliphatic carbocycles. The summed E-state index contributed by atoms with van der Waals surface area (Å²) in [5.41, 5.74) is 4.12. The van der Waals surface area contributed by atoms with Gasteiger partial charge < -0.3 is 15.0 Å². The Bertz CT molecular complexity index is 814. The molecule has 0 unspecified atom stereocenters. The van der Waals surface area contributed by atoms with E-state index in [0.717, 1.165) is 27.9 Å². The third-order valence-electron chi connectivity index (χ3n) is 4.72. The SMILES string of the molecule is CCC[C@@H]1NC(=O)N(C[C@@H](O)Cn2cnc3cc(C)c(C)cc32)C1=O. The Morgan fingerprint density at radius 3 is 2.68 bits per heavy atom. The number of nitrogens with zero attached hydrogens (tertiary/aromatic N) is 3. The van der Waals surface area contributed by atoms with Crippen LogP contribution in [0.15, 0.2) is 18.5 Å². The van der Waals surface area contributed by atoms with Gasteiger partial charge in [0.2, 0.25) is 0 Å². The van der Waals surface area contributed by atoms with Crippen molar-refractivity contribution in [2.24, 2.45) is 0 Å². The number of β-amino-alcohol motifs (C(OH)–C–C–N with tert-alkyl or cyclic N) is 1. The number of hydrogen-bond acceptors (Lipinski definition) is 4. The minimum Gasteiger partial charge on any atom is -0.389 e. The van der Waals surface area contributed by atoms with Gasteiger partial charge in [-0.2, -0.15) is 0 Å². The number of carbonyl (C=O) groups excluding carboxylic acids is 2. The van der Waals surface area contributed by atoms with Crippen LogP contribution in [0.3, 0.4) is 0 Å². The Balaban J connectivity index is 1.71. The Morgan fingerprint density at radius 2 is 1.96 bits per heavy atom. The average Bonchev–Trinajstić information content (AvgIpc) is 3.04. The first-order valence-corrected chi connectivity index (χ1v) is 8.62. The molecule has 3 amide bonds. The summed E-state index contributed by atoms with van der Waals surface area (Å²) >= 11 is 0. The molecule has 2 N–H and O–H groups in total. The second-order valence-electron chi connectivity index (χ2n) is 6.72. The molecule has 1 aromatic carbocycles. The number of imide groups is 1. The maximum absolute atomic E-state index is 12.3. The fraction of sp³-hybridized carbons (Fsp3) is 0.500. The summed E-state index contributed by atoms with van der Waals surface area (Å²) in [7, 11) is 0. The lowest BCUT2D eigenvalue weighted by molar-refractivity contribution is -0.128. The Morgan fingerprint density at radius 1 is 1.24 bits per heavy atom. The van der Waals surface area contributed by atoms with E-state index in [-0.39, 0.29) is 19.0 Å². The molecule has 3 rings (SSSR count). The van der Waals surface area contributed by atoms with Gasteiger partial charge in [0.05, 0.1) is 36.6 Å². The Hall–Kier alpha value is -2.41. The first kappa shape index (κ1) is 17.4. The van der Waals surface area contributed by atoms with Crippen LogP contribution in [-0.2, 0) is 11.3 Å². The van der Waals surface area contributed by atoms with E-state index >= 15 is 0 Å². The van der Waals surface area contributed by atoms with Crippen molar-refractivity contribution in [3.05, 3.63) is 29.6 Å². The predicted octanol–water partition coefficient (Wildman–Crippen LogP) is 1.73. The summed E-state index contributed by atoms with van der Waals surface area (Å²) in [5.74, 6) is -0.257. The van der Waals surface area contributed by atoms with Crippen LogP contribution in [0.2, 0.25) is 0 Å². The van der Waals surface area contributed by atoms with Gasteiger partial charge in [-0.25, -0.2) is 9.78 Å². The number of aliphatic hydroxyl groups is 1. The molecule has 7 heteroatoms. The standard InChI is InChI=1S/C18H24N4O3/c1-4-5-14-17(24)22(18(25)20-14)9-13(23)8-21-10-19-15-6-11(2)12(3)7-16(15)21/h6-7,10,13-14,23H,4-5,8-9H2,1-3H3,(H,20,25)/t13-,14-/m0/s1. The number of aromatic nitrogens is 2. The highest BCUT2D eigenvalue weighted by molar-refractivity contribution is 6.04. The third kappa shape index (κ3) is 3.37. The van der Waals surface area contributed by atoms with Crippen molar-refractivity contribution in [1.29, 1.82) is 0 Å². The second-order valence-corrected chi connectivity index (χ2v) is 6.72. The molecule has 1 aliphatic rings. The highest BCUT2D eigenvalue weighted by atomic mass is 16.3. The third-order valence-corrected chi connectivity index (χ3v) is 4.72. The van der Waals surface area contributed by atoms with E-state index in [0.29, 0.717) is 6.42 Å². The summed E-state index contributed by atoms with van der Waals surface area (Å²) in [6, 6.07) is 3.16. The summed E-state index contributed by atoms with van der Waals surface area (Å²) in [6.45, 7) is 6.28. The number of imidazole rings is 1. The van der Waals surface area contributed by atoms with Crippen LogP contribution in [0.5, 0.6) is 0 Å². The van der Waals surface area contributed by atoms with Gasteiger partial charge in [0, 0.05) is 0 Å². The molecule has 2 heterocycles. The minimum absolute atomic E-state index is 0.0185. The molecule has 2 aromatic rings. The zero-order valence-corrected chi connectivity index (χ0v) is 14.8. The van der Waals surface area contributed by atoms with Crippen LogP contribution in [0.4, 0.5) is 4.79 Å². The van der Waals surface area contributed by atoms with Crippen molar-refractivity contribution >= 4 is 23.0 Å². The van der Waals surface area contributed by atoms with Gasteiger partial charge in [0.1, 0.15) is 6.04 Å². The number of amides is 3. The molecule has 1 aromatic heterocycles. The largest absolute Gasteiger partial charge is 0.389 e. The van der Waals surface area contributed by atoms with E-state index in [1.54, 1.807) is 6.33 Å². The molecular formula is C18H24N4O3. The highest BCUT2D eigenvalue weighted by Gasteiger charge is 2.38. The van der Waals surface area contributed by atoms with Crippen molar-refractivity contribution in [3.8, 4) is 0 Å². The van der Waals surface area contributed by atoms with Crippen LogP contribution in [-0.4, -0.2) is 50.2 Å². The van der Waals surface area contributed by atoms with Crippen molar-refractivity contribution in [2.75, 3.05) is 6.54 Å². The van der Waals surface area contributed by atoms with Crippen LogP contribution < -0.4 is 5.32 Å². The fourth-order valence-electron chi connectivity index (χ4n) is 3.19. The molecule has 25 heavy (non-hydrogen) atoms. The Labute approximate surface area is 146 Å². The average molecular weight is 344 g/mol.